The number of benzene rings is 1. The summed E-state index contributed by atoms with van der Waals surface area (Å²) in [4.78, 5) is 14.9. The molecule has 2 aromatic rings. The van der Waals surface area contributed by atoms with Crippen LogP contribution in [-0.4, -0.2) is 41.3 Å². The van der Waals surface area contributed by atoms with E-state index in [0.717, 1.165) is 35.5 Å². The molecule has 0 radical (unpaired) electrons. The molecule has 6 heteroatoms. The maximum absolute atomic E-state index is 13.0. The first-order chi connectivity index (χ1) is 13.9. The van der Waals surface area contributed by atoms with Crippen molar-refractivity contribution in [2.45, 2.75) is 39.2 Å². The molecule has 0 aliphatic carbocycles. The second-order valence-electron chi connectivity index (χ2n) is 8.15. The van der Waals surface area contributed by atoms with Crippen molar-refractivity contribution in [2.24, 2.45) is 0 Å². The normalized spacial score (nSPS) is 16.5. The summed E-state index contributed by atoms with van der Waals surface area (Å²) in [6.07, 6.45) is 3.72. The molecule has 6 nitrogen and oxygen atoms in total. The third-order valence-corrected chi connectivity index (χ3v) is 6.07. The second kappa shape index (κ2) is 7.10. The number of likely N-dealkylation sites (tertiary alicyclic amines) is 1. The number of amides is 1. The van der Waals surface area contributed by atoms with Crippen LogP contribution in [-0.2, 0) is 10.3 Å². The molecule has 2 N–H and O–H groups in total. The fraction of sp³-hybridized carbons (Fsp3) is 0.391. The van der Waals surface area contributed by atoms with Gasteiger partial charge in [-0.05, 0) is 57.9 Å². The van der Waals surface area contributed by atoms with E-state index in [1.807, 2.05) is 30.9 Å². The number of methoxy groups -OCH3 is 1. The maximum atomic E-state index is 13.0. The quantitative estimate of drug-likeness (QED) is 0.610. The summed E-state index contributed by atoms with van der Waals surface area (Å²) >= 11 is 0. The molecule has 1 fully saturated rings. The van der Waals surface area contributed by atoms with E-state index in [1.54, 1.807) is 14.0 Å². The molecule has 0 bridgehead atoms. The molecule has 1 aromatic heterocycles. The molecule has 1 amide bonds. The summed E-state index contributed by atoms with van der Waals surface area (Å²) in [5.74, 6) is 0.796. The topological polar surface area (TPSA) is 70.3 Å². The third-order valence-electron chi connectivity index (χ3n) is 6.07. The van der Waals surface area contributed by atoms with E-state index in [4.69, 9.17) is 10.1 Å². The van der Waals surface area contributed by atoms with Crippen molar-refractivity contribution in [3.8, 4) is 11.4 Å². The van der Waals surface area contributed by atoms with Crippen molar-refractivity contribution < 1.29 is 9.53 Å². The number of aromatic nitrogens is 1. The van der Waals surface area contributed by atoms with Crippen LogP contribution in [0.4, 0.5) is 5.69 Å². The Morgan fingerprint density at radius 3 is 2.52 bits per heavy atom. The summed E-state index contributed by atoms with van der Waals surface area (Å²) in [5, 5.41) is 11.8. The molecule has 152 valence electrons. The molecule has 0 saturated carbocycles. The first kappa shape index (κ1) is 19.3. The van der Waals surface area contributed by atoms with Gasteiger partial charge in [0.05, 0.1) is 29.6 Å². The summed E-state index contributed by atoms with van der Waals surface area (Å²) in [5.41, 5.74) is 4.94. The fourth-order valence-corrected chi connectivity index (χ4v) is 4.64. The smallest absolute Gasteiger partial charge is 0.255 e. The molecular formula is C23H28N4O2. The summed E-state index contributed by atoms with van der Waals surface area (Å²) in [6, 6.07) is 10.3. The lowest BCUT2D eigenvalue weighted by molar-refractivity contribution is -0.128. The molecule has 29 heavy (non-hydrogen) atoms. The number of fused-ring (bicyclic) bond motifs is 4. The lowest BCUT2D eigenvalue weighted by Gasteiger charge is -2.46. The van der Waals surface area contributed by atoms with Crippen molar-refractivity contribution >= 4 is 17.3 Å². The van der Waals surface area contributed by atoms with E-state index in [0.29, 0.717) is 24.4 Å². The van der Waals surface area contributed by atoms with Crippen molar-refractivity contribution in [3.63, 3.8) is 0 Å². The minimum atomic E-state index is -0.218. The highest BCUT2D eigenvalue weighted by Gasteiger charge is 2.42. The zero-order chi connectivity index (χ0) is 20.8. The standard InChI is InChI=1S/C23H28N4O2/c1-15(2)21(16(3)24)22(28)26-12-9-23(10-13-26)20-6-5-11-27(20)19-8-7-17(29-4)14-18(19)25-23/h5-8,11,14,24-25H,9-10,12-13H2,1-4H3. The number of nitrogens with one attached hydrogen (secondary N) is 2. The molecule has 2 aliphatic heterocycles. The summed E-state index contributed by atoms with van der Waals surface area (Å²) in [6.45, 7) is 6.79. The van der Waals surface area contributed by atoms with Gasteiger partial charge >= 0.3 is 0 Å². The average Bonchev–Trinajstić information content (AvgIpc) is 3.18. The van der Waals surface area contributed by atoms with Gasteiger partial charge in [0, 0.05) is 36.8 Å². The zero-order valence-corrected chi connectivity index (χ0v) is 17.5. The predicted molar refractivity (Wildman–Crippen MR) is 115 cm³/mol. The van der Waals surface area contributed by atoms with E-state index < -0.39 is 0 Å². The van der Waals surface area contributed by atoms with Gasteiger partial charge in [0.25, 0.3) is 5.91 Å². The molecule has 0 unspecified atom stereocenters. The van der Waals surface area contributed by atoms with Crippen LogP contribution in [0, 0.1) is 5.41 Å². The molecule has 2 aliphatic rings. The minimum Gasteiger partial charge on any atom is -0.497 e. The Morgan fingerprint density at radius 1 is 1.17 bits per heavy atom. The highest BCUT2D eigenvalue weighted by atomic mass is 16.5. The Morgan fingerprint density at radius 2 is 1.90 bits per heavy atom. The SMILES string of the molecule is COc1ccc2c(c1)NC1(CCN(C(=O)C(C(C)=N)=C(C)C)CC1)c1cccn1-2. The number of anilines is 1. The van der Waals surface area contributed by atoms with E-state index in [1.165, 1.54) is 5.69 Å². The Labute approximate surface area is 171 Å². The number of piperidine rings is 1. The van der Waals surface area contributed by atoms with Gasteiger partial charge in [-0.2, -0.15) is 0 Å². The van der Waals surface area contributed by atoms with Gasteiger partial charge in [-0.25, -0.2) is 0 Å². The highest BCUT2D eigenvalue weighted by Crippen LogP contribution is 2.44. The largest absolute Gasteiger partial charge is 0.497 e. The molecule has 3 heterocycles. The van der Waals surface area contributed by atoms with Crippen LogP contribution in [0.5, 0.6) is 5.75 Å². The number of rotatable bonds is 3. The fourth-order valence-electron chi connectivity index (χ4n) is 4.64. The maximum Gasteiger partial charge on any atom is 0.255 e. The van der Waals surface area contributed by atoms with Gasteiger partial charge < -0.3 is 24.9 Å². The van der Waals surface area contributed by atoms with E-state index in [2.05, 4.69) is 34.3 Å². The zero-order valence-electron chi connectivity index (χ0n) is 17.5. The van der Waals surface area contributed by atoms with Crippen LogP contribution >= 0.6 is 0 Å². The highest BCUT2D eigenvalue weighted by molar-refractivity contribution is 6.20. The minimum absolute atomic E-state index is 0.0272. The van der Waals surface area contributed by atoms with Crippen molar-refractivity contribution in [1.29, 1.82) is 5.41 Å². The van der Waals surface area contributed by atoms with Crippen LogP contribution in [0.3, 0.4) is 0 Å². The van der Waals surface area contributed by atoms with E-state index in [-0.39, 0.29) is 11.4 Å². The van der Waals surface area contributed by atoms with Gasteiger partial charge in [-0.15, -0.1) is 0 Å². The number of carbonyl (C=O) groups excluding carboxylic acids is 1. The van der Waals surface area contributed by atoms with Gasteiger partial charge in [-0.1, -0.05) is 5.57 Å². The number of allylic oxidation sites excluding steroid dienone is 1. The van der Waals surface area contributed by atoms with E-state index in [9.17, 15) is 4.79 Å². The van der Waals surface area contributed by atoms with Gasteiger partial charge in [0.15, 0.2) is 0 Å². The molecule has 1 spiro atoms. The van der Waals surface area contributed by atoms with Gasteiger partial charge in [-0.3, -0.25) is 4.79 Å². The molecule has 1 saturated heterocycles. The van der Waals surface area contributed by atoms with Crippen LogP contribution < -0.4 is 10.1 Å². The molecule has 1 aromatic carbocycles. The summed E-state index contributed by atoms with van der Waals surface area (Å²) < 4.78 is 7.66. The van der Waals surface area contributed by atoms with Crippen LogP contribution in [0.2, 0.25) is 0 Å². The van der Waals surface area contributed by atoms with E-state index >= 15 is 0 Å². The Bertz CT molecular complexity index is 1010. The van der Waals surface area contributed by atoms with Crippen LogP contribution in [0.25, 0.3) is 5.69 Å². The predicted octanol–water partition coefficient (Wildman–Crippen LogP) is 4.11. The number of nitrogens with zero attached hydrogens (tertiary/aromatic N) is 2. The first-order valence-corrected chi connectivity index (χ1v) is 10.0. The first-order valence-electron chi connectivity index (χ1n) is 10.0. The summed E-state index contributed by atoms with van der Waals surface area (Å²) in [7, 11) is 1.68. The number of hydrogen-bond donors (Lipinski definition) is 2. The number of ether oxygens (including phenoxy) is 1. The Hall–Kier alpha value is -3.02. The van der Waals surface area contributed by atoms with Crippen LogP contribution in [0.1, 0.15) is 39.3 Å². The van der Waals surface area contributed by atoms with Crippen molar-refractivity contribution in [1.82, 2.24) is 9.47 Å². The number of carbonyl (C=O) groups is 1. The van der Waals surface area contributed by atoms with Gasteiger partial charge in [0.2, 0.25) is 0 Å². The Kier molecular flexibility index (Phi) is 4.73. The van der Waals surface area contributed by atoms with Crippen molar-refractivity contribution in [2.75, 3.05) is 25.5 Å². The average molecular weight is 393 g/mol. The monoisotopic (exact) mass is 392 g/mol. The lowest BCUT2D eigenvalue weighted by Crippen LogP contribution is -2.51. The molecule has 0 atom stereocenters. The lowest BCUT2D eigenvalue weighted by atomic mass is 9.82. The van der Waals surface area contributed by atoms with Crippen molar-refractivity contribution in [3.05, 3.63) is 53.4 Å². The Balaban J connectivity index is 1.62. The number of hydrogen-bond acceptors (Lipinski definition) is 4. The molecule has 4 rings (SSSR count). The third kappa shape index (κ3) is 3.12. The molecular weight excluding hydrogens is 364 g/mol. The second-order valence-corrected chi connectivity index (χ2v) is 8.15. The van der Waals surface area contributed by atoms with Crippen LogP contribution in [0.15, 0.2) is 47.7 Å². The van der Waals surface area contributed by atoms with Gasteiger partial charge in [0.1, 0.15) is 5.75 Å².